The number of esters is 1. The summed E-state index contributed by atoms with van der Waals surface area (Å²) in [4.78, 5) is 40.6. The van der Waals surface area contributed by atoms with Crippen molar-refractivity contribution in [2.24, 2.45) is 5.92 Å². The molecule has 0 aliphatic heterocycles. The summed E-state index contributed by atoms with van der Waals surface area (Å²) < 4.78 is 10.4. The first-order valence-electron chi connectivity index (χ1n) is 9.03. The van der Waals surface area contributed by atoms with Crippen molar-refractivity contribution in [3.63, 3.8) is 0 Å². The Kier molecular flexibility index (Phi) is 5.63. The van der Waals surface area contributed by atoms with Gasteiger partial charge in [0.15, 0.2) is 11.9 Å². The van der Waals surface area contributed by atoms with Crippen LogP contribution >= 0.6 is 0 Å². The Morgan fingerprint density at radius 2 is 1.82 bits per heavy atom. The van der Waals surface area contributed by atoms with E-state index < -0.39 is 24.0 Å². The molecule has 1 aromatic carbocycles. The van der Waals surface area contributed by atoms with Gasteiger partial charge in [0, 0.05) is 22.7 Å². The van der Waals surface area contributed by atoms with E-state index >= 15 is 0 Å². The molecule has 0 saturated carbocycles. The topological polar surface area (TPSA) is 101 Å². The average Bonchev–Trinajstić information content (AvgIpc) is 3.34. The van der Waals surface area contributed by atoms with Gasteiger partial charge in [0.2, 0.25) is 5.78 Å². The molecule has 3 rings (SSSR count). The monoisotopic (exact) mass is 382 g/mol. The van der Waals surface area contributed by atoms with E-state index in [0.717, 1.165) is 10.9 Å². The Hall–Kier alpha value is -3.35. The van der Waals surface area contributed by atoms with Gasteiger partial charge < -0.3 is 19.5 Å². The zero-order valence-electron chi connectivity index (χ0n) is 15.9. The zero-order chi connectivity index (χ0) is 20.3. The van der Waals surface area contributed by atoms with E-state index in [-0.39, 0.29) is 17.5 Å². The SMILES string of the molecule is CC(C)[C@H](NC(=O)c1ccco1)C(=O)O[C@H](C)C(=O)c1c[nH]c2ccccc12. The summed E-state index contributed by atoms with van der Waals surface area (Å²) in [5, 5.41) is 3.37. The molecule has 3 aromatic rings. The number of rotatable bonds is 7. The lowest BCUT2D eigenvalue weighted by Gasteiger charge is -2.22. The quantitative estimate of drug-likeness (QED) is 0.482. The summed E-state index contributed by atoms with van der Waals surface area (Å²) in [5.41, 5.74) is 1.28. The van der Waals surface area contributed by atoms with Crippen LogP contribution in [0.1, 0.15) is 41.7 Å². The number of Topliss-reactive ketones (excluding diaryl/α,β-unsaturated/α-hetero) is 1. The molecular formula is C21H22N2O5. The highest BCUT2D eigenvalue weighted by Crippen LogP contribution is 2.20. The van der Waals surface area contributed by atoms with Crippen LogP contribution in [0.25, 0.3) is 10.9 Å². The van der Waals surface area contributed by atoms with Crippen molar-refractivity contribution in [1.82, 2.24) is 10.3 Å². The molecule has 2 atom stereocenters. The third kappa shape index (κ3) is 3.98. The number of fused-ring (bicyclic) bond motifs is 1. The maximum absolute atomic E-state index is 12.8. The number of carbonyl (C=O) groups is 3. The van der Waals surface area contributed by atoms with Crippen LogP contribution in [0.4, 0.5) is 0 Å². The minimum atomic E-state index is -0.992. The number of aromatic nitrogens is 1. The minimum Gasteiger partial charge on any atom is -0.459 e. The normalized spacial score (nSPS) is 13.3. The number of hydrogen-bond acceptors (Lipinski definition) is 5. The number of para-hydroxylation sites is 1. The highest BCUT2D eigenvalue weighted by molar-refractivity contribution is 6.10. The van der Waals surface area contributed by atoms with Gasteiger partial charge in [0.1, 0.15) is 6.04 Å². The summed E-state index contributed by atoms with van der Waals surface area (Å²) >= 11 is 0. The van der Waals surface area contributed by atoms with Crippen molar-refractivity contribution in [3.8, 4) is 0 Å². The standard InChI is InChI=1S/C21H22N2O5/c1-12(2)18(23-20(25)17-9-6-10-27-17)21(26)28-13(3)19(24)15-11-22-16-8-5-4-7-14(15)16/h4-13,18,22H,1-3H3,(H,23,25)/t13-,18+/m1/s1. The van der Waals surface area contributed by atoms with Crippen LogP contribution < -0.4 is 5.32 Å². The minimum absolute atomic E-state index is 0.0985. The average molecular weight is 382 g/mol. The molecule has 0 saturated heterocycles. The molecule has 0 aliphatic rings. The number of ketones is 1. The van der Waals surface area contributed by atoms with Crippen LogP contribution in [0.2, 0.25) is 0 Å². The van der Waals surface area contributed by atoms with Crippen LogP contribution in [0, 0.1) is 5.92 Å². The molecule has 2 N–H and O–H groups in total. The zero-order valence-corrected chi connectivity index (χ0v) is 15.9. The van der Waals surface area contributed by atoms with Crippen molar-refractivity contribution >= 4 is 28.6 Å². The number of aromatic amines is 1. The second kappa shape index (κ2) is 8.12. The second-order valence-corrected chi connectivity index (χ2v) is 6.86. The van der Waals surface area contributed by atoms with Crippen LogP contribution in [0.3, 0.4) is 0 Å². The Labute approximate surface area is 162 Å². The van der Waals surface area contributed by atoms with Crippen molar-refractivity contribution in [2.45, 2.75) is 32.9 Å². The van der Waals surface area contributed by atoms with E-state index in [0.29, 0.717) is 5.56 Å². The lowest BCUT2D eigenvalue weighted by Crippen LogP contribution is -2.46. The molecule has 0 fully saturated rings. The van der Waals surface area contributed by atoms with Gasteiger partial charge >= 0.3 is 5.97 Å². The van der Waals surface area contributed by atoms with Crippen LogP contribution in [0.5, 0.6) is 0 Å². The third-order valence-electron chi connectivity index (χ3n) is 4.47. The summed E-state index contributed by atoms with van der Waals surface area (Å²) in [5.74, 6) is -1.64. The van der Waals surface area contributed by atoms with Crippen LogP contribution in [0.15, 0.2) is 53.3 Å². The molecule has 28 heavy (non-hydrogen) atoms. The molecule has 7 nitrogen and oxygen atoms in total. The van der Waals surface area contributed by atoms with Gasteiger partial charge in [-0.1, -0.05) is 32.0 Å². The van der Waals surface area contributed by atoms with Crippen LogP contribution in [-0.4, -0.2) is 34.8 Å². The molecule has 0 spiro atoms. The Morgan fingerprint density at radius 3 is 2.50 bits per heavy atom. The summed E-state index contributed by atoms with van der Waals surface area (Å²) in [6.45, 7) is 5.08. The second-order valence-electron chi connectivity index (χ2n) is 6.86. The van der Waals surface area contributed by atoms with Gasteiger partial charge in [-0.3, -0.25) is 9.59 Å². The highest BCUT2D eigenvalue weighted by Gasteiger charge is 2.30. The lowest BCUT2D eigenvalue weighted by atomic mass is 10.0. The van der Waals surface area contributed by atoms with E-state index in [9.17, 15) is 14.4 Å². The molecule has 0 radical (unpaired) electrons. The number of H-pyrrole nitrogens is 1. The number of nitrogens with one attached hydrogen (secondary N) is 2. The maximum Gasteiger partial charge on any atom is 0.329 e. The van der Waals surface area contributed by atoms with E-state index in [1.165, 1.54) is 19.3 Å². The van der Waals surface area contributed by atoms with Gasteiger partial charge in [0.25, 0.3) is 5.91 Å². The molecule has 146 valence electrons. The molecule has 0 bridgehead atoms. The molecule has 0 unspecified atom stereocenters. The maximum atomic E-state index is 12.8. The van der Waals surface area contributed by atoms with Gasteiger partial charge in [-0.25, -0.2) is 4.79 Å². The Balaban J connectivity index is 1.70. The number of furan rings is 1. The number of ether oxygens (including phenoxy) is 1. The Morgan fingerprint density at radius 1 is 1.07 bits per heavy atom. The van der Waals surface area contributed by atoms with Crippen LogP contribution in [-0.2, 0) is 9.53 Å². The van der Waals surface area contributed by atoms with Crippen molar-refractivity contribution in [2.75, 3.05) is 0 Å². The first-order chi connectivity index (χ1) is 13.4. The molecule has 2 heterocycles. The number of amides is 1. The fourth-order valence-electron chi connectivity index (χ4n) is 2.91. The number of benzene rings is 1. The van der Waals surface area contributed by atoms with Gasteiger partial charge in [0.05, 0.1) is 6.26 Å². The summed E-state index contributed by atoms with van der Waals surface area (Å²) in [6.07, 6.45) is 1.99. The predicted molar refractivity (Wildman–Crippen MR) is 103 cm³/mol. The largest absolute Gasteiger partial charge is 0.459 e. The lowest BCUT2D eigenvalue weighted by molar-refractivity contribution is -0.149. The first-order valence-corrected chi connectivity index (χ1v) is 9.03. The number of carbonyl (C=O) groups excluding carboxylic acids is 3. The molecule has 0 aliphatic carbocycles. The molecule has 1 amide bonds. The first kappa shape index (κ1) is 19.4. The summed E-state index contributed by atoms with van der Waals surface area (Å²) in [7, 11) is 0. The highest BCUT2D eigenvalue weighted by atomic mass is 16.5. The third-order valence-corrected chi connectivity index (χ3v) is 4.47. The van der Waals surface area contributed by atoms with E-state index in [1.54, 1.807) is 26.1 Å². The van der Waals surface area contributed by atoms with Gasteiger partial charge in [-0.15, -0.1) is 0 Å². The van der Waals surface area contributed by atoms with E-state index in [4.69, 9.17) is 9.15 Å². The fourth-order valence-corrected chi connectivity index (χ4v) is 2.91. The van der Waals surface area contributed by atoms with Crippen molar-refractivity contribution in [1.29, 1.82) is 0 Å². The van der Waals surface area contributed by atoms with Crippen molar-refractivity contribution in [3.05, 3.63) is 60.2 Å². The fraction of sp³-hybridized carbons (Fsp3) is 0.286. The predicted octanol–water partition coefficient (Wildman–Crippen LogP) is 3.33. The molecular weight excluding hydrogens is 360 g/mol. The van der Waals surface area contributed by atoms with E-state index in [1.807, 2.05) is 24.3 Å². The van der Waals surface area contributed by atoms with Crippen molar-refractivity contribution < 1.29 is 23.5 Å². The smallest absolute Gasteiger partial charge is 0.329 e. The molecule has 2 aromatic heterocycles. The molecule has 7 heteroatoms. The van der Waals surface area contributed by atoms with Gasteiger partial charge in [-0.05, 0) is 31.0 Å². The number of hydrogen-bond donors (Lipinski definition) is 2. The summed E-state index contributed by atoms with van der Waals surface area (Å²) in [6, 6.07) is 9.57. The van der Waals surface area contributed by atoms with Gasteiger partial charge in [-0.2, -0.15) is 0 Å². The van der Waals surface area contributed by atoms with E-state index in [2.05, 4.69) is 10.3 Å². The Bertz CT molecular complexity index is 987.